The van der Waals surface area contributed by atoms with E-state index in [4.69, 9.17) is 11.5 Å². The Bertz CT molecular complexity index is 1250. The summed E-state index contributed by atoms with van der Waals surface area (Å²) in [5, 5.41) is 3.63. The summed E-state index contributed by atoms with van der Waals surface area (Å²) in [4.78, 5) is 13.4. The normalized spacial score (nSPS) is 12.6. The molecule has 26 heavy (non-hydrogen) atoms. The zero-order valence-electron chi connectivity index (χ0n) is 13.9. The molecule has 128 valence electrons. The SMILES string of the molecule is Nc1c(N)c2[nH]c1=Cc1ccc([nH]1)C=c1ccc([nH]1)=Cc1ccc([nH]1)C=2. The lowest BCUT2D eigenvalue weighted by Crippen LogP contribution is -2.12. The Morgan fingerprint density at radius 3 is 1.35 bits per heavy atom. The lowest BCUT2D eigenvalue weighted by molar-refractivity contribution is 1.23. The van der Waals surface area contributed by atoms with Crippen LogP contribution in [0.3, 0.4) is 0 Å². The molecule has 6 nitrogen and oxygen atoms in total. The Morgan fingerprint density at radius 1 is 0.462 bits per heavy atom. The highest BCUT2D eigenvalue weighted by Crippen LogP contribution is 2.08. The number of aromatic amines is 4. The summed E-state index contributed by atoms with van der Waals surface area (Å²) in [6.45, 7) is 0. The van der Waals surface area contributed by atoms with Crippen molar-refractivity contribution in [1.29, 1.82) is 0 Å². The Labute approximate surface area is 148 Å². The summed E-state index contributed by atoms with van der Waals surface area (Å²) in [6.07, 6.45) is 8.04. The molecule has 5 heterocycles. The van der Waals surface area contributed by atoms with Crippen LogP contribution in [0.5, 0.6) is 0 Å². The summed E-state index contributed by atoms with van der Waals surface area (Å²) in [6, 6.07) is 12.2. The van der Waals surface area contributed by atoms with Crippen LogP contribution in [-0.4, -0.2) is 19.9 Å². The first-order valence-corrected chi connectivity index (χ1v) is 8.37. The fourth-order valence-corrected chi connectivity index (χ4v) is 3.24. The molecule has 4 aromatic heterocycles. The van der Waals surface area contributed by atoms with E-state index in [1.54, 1.807) is 0 Å². The lowest BCUT2D eigenvalue weighted by Gasteiger charge is -1.90. The number of nitrogens with one attached hydrogen (secondary N) is 4. The van der Waals surface area contributed by atoms with Gasteiger partial charge in [0.2, 0.25) is 0 Å². The van der Waals surface area contributed by atoms with Crippen molar-refractivity contribution in [2.75, 3.05) is 11.5 Å². The number of anilines is 2. The van der Waals surface area contributed by atoms with E-state index in [2.05, 4.69) is 44.2 Å². The van der Waals surface area contributed by atoms with E-state index in [-0.39, 0.29) is 0 Å². The predicted octanol–water partition coefficient (Wildman–Crippen LogP) is -0.208. The maximum absolute atomic E-state index is 6.19. The predicted molar refractivity (Wildman–Crippen MR) is 105 cm³/mol. The molecule has 0 atom stereocenters. The summed E-state index contributed by atoms with van der Waals surface area (Å²) < 4.78 is 0. The molecular formula is C20H18N6. The molecule has 8 bridgehead atoms. The molecule has 0 aliphatic carbocycles. The smallest absolute Gasteiger partial charge is 0.0809 e. The van der Waals surface area contributed by atoms with Crippen LogP contribution in [0.1, 0.15) is 22.8 Å². The van der Waals surface area contributed by atoms with Gasteiger partial charge >= 0.3 is 0 Å². The quantitative estimate of drug-likeness (QED) is 0.234. The first-order valence-electron chi connectivity index (χ1n) is 8.37. The van der Waals surface area contributed by atoms with Gasteiger partial charge < -0.3 is 31.4 Å². The molecule has 6 heteroatoms. The fraction of sp³-hybridized carbons (Fsp3) is 0. The van der Waals surface area contributed by atoms with E-state index in [1.165, 1.54) is 0 Å². The molecule has 0 aromatic carbocycles. The Balaban J connectivity index is 1.83. The van der Waals surface area contributed by atoms with E-state index >= 15 is 0 Å². The maximum Gasteiger partial charge on any atom is 0.0809 e. The zero-order chi connectivity index (χ0) is 17.7. The number of nitrogens with two attached hydrogens (primary N) is 2. The minimum absolute atomic E-state index is 0.549. The molecule has 0 radical (unpaired) electrons. The first-order chi connectivity index (χ1) is 12.6. The summed E-state index contributed by atoms with van der Waals surface area (Å²) >= 11 is 0. The average molecular weight is 342 g/mol. The first kappa shape index (κ1) is 14.5. The number of hydrogen-bond acceptors (Lipinski definition) is 2. The number of H-pyrrole nitrogens is 4. The zero-order valence-corrected chi connectivity index (χ0v) is 13.9. The number of aromatic nitrogens is 4. The maximum atomic E-state index is 6.19. The van der Waals surface area contributed by atoms with Gasteiger partial charge in [-0.25, -0.2) is 0 Å². The van der Waals surface area contributed by atoms with Gasteiger partial charge in [-0.3, -0.25) is 0 Å². The van der Waals surface area contributed by atoms with Gasteiger partial charge in [-0.05, 0) is 60.7 Å². The molecule has 0 spiro atoms. The molecule has 0 saturated carbocycles. The highest BCUT2D eigenvalue weighted by Gasteiger charge is 2.04. The van der Waals surface area contributed by atoms with E-state index in [0.717, 1.165) is 44.2 Å². The summed E-state index contributed by atoms with van der Waals surface area (Å²) in [5.74, 6) is 0. The molecule has 0 saturated heterocycles. The van der Waals surface area contributed by atoms with Gasteiger partial charge in [0, 0.05) is 33.5 Å². The van der Waals surface area contributed by atoms with Crippen LogP contribution in [-0.2, 0) is 0 Å². The van der Waals surface area contributed by atoms with Crippen LogP contribution < -0.4 is 32.9 Å². The molecule has 1 aliphatic rings. The van der Waals surface area contributed by atoms with Gasteiger partial charge in [-0.15, -0.1) is 0 Å². The molecule has 5 rings (SSSR count). The van der Waals surface area contributed by atoms with Crippen molar-refractivity contribution in [2.45, 2.75) is 0 Å². The molecule has 4 aromatic rings. The molecule has 0 unspecified atom stereocenters. The molecule has 8 N–H and O–H groups in total. The van der Waals surface area contributed by atoms with Crippen LogP contribution in [0, 0.1) is 0 Å². The van der Waals surface area contributed by atoms with Gasteiger partial charge in [0.05, 0.1) is 22.1 Å². The van der Waals surface area contributed by atoms with E-state index in [9.17, 15) is 0 Å². The summed E-state index contributed by atoms with van der Waals surface area (Å²) in [7, 11) is 0. The molecule has 1 aliphatic heterocycles. The van der Waals surface area contributed by atoms with Crippen LogP contribution >= 0.6 is 0 Å². The van der Waals surface area contributed by atoms with Gasteiger partial charge in [-0.2, -0.15) is 0 Å². The van der Waals surface area contributed by atoms with Crippen LogP contribution in [0.15, 0.2) is 36.4 Å². The van der Waals surface area contributed by atoms with E-state index in [1.807, 2.05) is 36.4 Å². The standard InChI is InChI=1S/C20H18N6/c21-19-17-9-15-5-3-13(24-15)7-11-1-2-12(23-11)8-14-4-6-16(25-14)10-18(26-17)20(19)22/h1-10,23-26H,21-22H2. The molecular weight excluding hydrogens is 324 g/mol. The topological polar surface area (TPSA) is 115 Å². The van der Waals surface area contributed by atoms with Crippen molar-refractivity contribution < 1.29 is 0 Å². The minimum Gasteiger partial charge on any atom is -0.395 e. The molecule has 0 fully saturated rings. The van der Waals surface area contributed by atoms with Gasteiger partial charge in [0.1, 0.15) is 0 Å². The third kappa shape index (κ3) is 2.44. The van der Waals surface area contributed by atoms with Gasteiger partial charge in [0.15, 0.2) is 0 Å². The second-order valence-corrected chi connectivity index (χ2v) is 6.46. The lowest BCUT2D eigenvalue weighted by atomic mass is 10.3. The average Bonchev–Trinajstić information content (AvgIpc) is 3.38. The summed E-state index contributed by atoms with van der Waals surface area (Å²) in [5.41, 5.74) is 17.4. The van der Waals surface area contributed by atoms with Crippen molar-refractivity contribution in [2.24, 2.45) is 0 Å². The Morgan fingerprint density at radius 2 is 0.885 bits per heavy atom. The second-order valence-electron chi connectivity index (χ2n) is 6.46. The van der Waals surface area contributed by atoms with Crippen molar-refractivity contribution in [3.63, 3.8) is 0 Å². The van der Waals surface area contributed by atoms with E-state index in [0.29, 0.717) is 11.4 Å². The van der Waals surface area contributed by atoms with Crippen molar-refractivity contribution in [1.82, 2.24) is 19.9 Å². The van der Waals surface area contributed by atoms with Gasteiger partial charge in [-0.1, -0.05) is 0 Å². The van der Waals surface area contributed by atoms with Crippen molar-refractivity contribution >= 4 is 35.7 Å². The van der Waals surface area contributed by atoms with Crippen molar-refractivity contribution in [3.05, 3.63) is 80.6 Å². The minimum atomic E-state index is 0.549. The van der Waals surface area contributed by atoms with E-state index < -0.39 is 0 Å². The second kappa shape index (κ2) is 5.35. The fourth-order valence-electron chi connectivity index (χ4n) is 3.24. The molecule has 0 amide bonds. The third-order valence-electron chi connectivity index (χ3n) is 4.55. The highest BCUT2D eigenvalue weighted by atomic mass is 14.8. The largest absolute Gasteiger partial charge is 0.395 e. The van der Waals surface area contributed by atoms with Crippen molar-refractivity contribution in [3.8, 4) is 0 Å². The van der Waals surface area contributed by atoms with Crippen LogP contribution in [0.2, 0.25) is 0 Å². The monoisotopic (exact) mass is 342 g/mol. The number of nitrogen functional groups attached to an aromatic ring is 2. The van der Waals surface area contributed by atoms with Gasteiger partial charge in [0.25, 0.3) is 0 Å². The Kier molecular flexibility index (Phi) is 2.99. The number of rotatable bonds is 0. The highest BCUT2D eigenvalue weighted by molar-refractivity contribution is 5.70. The number of hydrogen-bond donors (Lipinski definition) is 6. The van der Waals surface area contributed by atoms with Crippen LogP contribution in [0.25, 0.3) is 24.3 Å². The third-order valence-corrected chi connectivity index (χ3v) is 4.55. The number of fused-ring (bicyclic) bond motifs is 8. The van der Waals surface area contributed by atoms with Crippen LogP contribution in [0.4, 0.5) is 11.4 Å². The Hall–Kier alpha value is -3.80.